The Labute approximate surface area is 187 Å². The van der Waals surface area contributed by atoms with Crippen LogP contribution >= 0.6 is 23.1 Å². The lowest BCUT2D eigenvalue weighted by atomic mass is 10.1. The summed E-state index contributed by atoms with van der Waals surface area (Å²) in [6.07, 6.45) is -0.00781. The number of hydrogen-bond donors (Lipinski definition) is 2. The number of benzene rings is 1. The van der Waals surface area contributed by atoms with Gasteiger partial charge in [-0.05, 0) is 25.0 Å². The summed E-state index contributed by atoms with van der Waals surface area (Å²) in [5.41, 5.74) is 1.19. The van der Waals surface area contributed by atoms with Crippen molar-refractivity contribution in [2.45, 2.75) is 38.1 Å². The predicted octanol–water partition coefficient (Wildman–Crippen LogP) is 2.20. The highest BCUT2D eigenvalue weighted by Crippen LogP contribution is 2.22. The molecule has 0 aliphatic heterocycles. The van der Waals surface area contributed by atoms with Crippen LogP contribution in [0.25, 0.3) is 11.0 Å². The summed E-state index contributed by atoms with van der Waals surface area (Å²) in [5, 5.41) is 4.52. The number of amides is 1. The lowest BCUT2D eigenvalue weighted by molar-refractivity contribution is -0.142. The average Bonchev–Trinajstić information content (AvgIpc) is 3.35. The molecule has 0 aliphatic rings. The maximum absolute atomic E-state index is 13.0. The van der Waals surface area contributed by atoms with E-state index in [9.17, 15) is 18.0 Å². The molecule has 10 nitrogen and oxygen atoms in total. The van der Waals surface area contributed by atoms with Crippen LogP contribution in [0.15, 0.2) is 28.5 Å². The number of ether oxygens (including phenoxy) is 1. The van der Waals surface area contributed by atoms with Gasteiger partial charge in [-0.3, -0.25) is 9.59 Å². The number of nitrogens with zero attached hydrogens (tertiary/aromatic N) is 3. The zero-order valence-corrected chi connectivity index (χ0v) is 19.4. The van der Waals surface area contributed by atoms with E-state index in [-0.39, 0.29) is 34.5 Å². The molecule has 13 heteroatoms. The molecule has 0 bridgehead atoms. The molecular weight excluding hydrogens is 462 g/mol. The second-order valence-electron chi connectivity index (χ2n) is 6.85. The first kappa shape index (κ1) is 23.2. The van der Waals surface area contributed by atoms with Gasteiger partial charge in [0.15, 0.2) is 5.13 Å². The summed E-state index contributed by atoms with van der Waals surface area (Å²) < 4.78 is 41.4. The first-order valence-corrected chi connectivity index (χ1v) is 12.4. The number of carbonyl (C=O) groups excluding carboxylic acids is 2. The fourth-order valence-electron chi connectivity index (χ4n) is 2.71. The van der Waals surface area contributed by atoms with Gasteiger partial charge in [0.2, 0.25) is 15.9 Å². The summed E-state index contributed by atoms with van der Waals surface area (Å²) in [7, 11) is -4.04. The van der Waals surface area contributed by atoms with Gasteiger partial charge in [-0.2, -0.15) is 13.5 Å². The first-order chi connectivity index (χ1) is 14.7. The summed E-state index contributed by atoms with van der Waals surface area (Å²) >= 11 is 2.05. The molecule has 2 N–H and O–H groups in total. The minimum atomic E-state index is -4.04. The van der Waals surface area contributed by atoms with Crippen LogP contribution < -0.4 is 10.0 Å². The summed E-state index contributed by atoms with van der Waals surface area (Å²) in [4.78, 5) is 28.6. The molecule has 2 heterocycles. The van der Waals surface area contributed by atoms with E-state index in [2.05, 4.69) is 23.8 Å². The number of aromatic nitrogens is 3. The number of carbonyl (C=O) groups is 2. The van der Waals surface area contributed by atoms with Crippen molar-refractivity contribution in [2.24, 2.45) is 5.92 Å². The molecule has 31 heavy (non-hydrogen) atoms. The van der Waals surface area contributed by atoms with Gasteiger partial charge in [0, 0.05) is 5.38 Å². The van der Waals surface area contributed by atoms with Crippen molar-refractivity contribution in [1.29, 1.82) is 0 Å². The largest absolute Gasteiger partial charge is 0.466 e. The van der Waals surface area contributed by atoms with Crippen molar-refractivity contribution in [2.75, 3.05) is 11.9 Å². The molecular formula is C18H21N5O5S3. The zero-order chi connectivity index (χ0) is 22.6. The number of sulfonamides is 1. The van der Waals surface area contributed by atoms with Crippen LogP contribution in [-0.4, -0.2) is 46.7 Å². The minimum Gasteiger partial charge on any atom is -0.466 e. The van der Waals surface area contributed by atoms with Crippen LogP contribution in [0.1, 0.15) is 26.5 Å². The number of hydrogen-bond acceptors (Lipinski definition) is 10. The Hall–Kier alpha value is -2.48. The molecule has 1 aromatic carbocycles. The molecule has 0 saturated heterocycles. The predicted molar refractivity (Wildman–Crippen MR) is 117 cm³/mol. The number of fused-ring (bicyclic) bond motifs is 1. The highest BCUT2D eigenvalue weighted by atomic mass is 32.2. The molecule has 3 rings (SSSR count). The van der Waals surface area contributed by atoms with E-state index in [4.69, 9.17) is 4.74 Å². The van der Waals surface area contributed by atoms with Gasteiger partial charge in [0.1, 0.15) is 22.0 Å². The van der Waals surface area contributed by atoms with Gasteiger partial charge < -0.3 is 10.1 Å². The fourth-order valence-corrected chi connectivity index (χ4v) is 5.53. The Kier molecular flexibility index (Phi) is 7.30. The second kappa shape index (κ2) is 9.77. The molecule has 0 spiro atoms. The van der Waals surface area contributed by atoms with Crippen LogP contribution in [0.5, 0.6) is 0 Å². The van der Waals surface area contributed by atoms with Crippen molar-refractivity contribution in [3.05, 3.63) is 29.3 Å². The van der Waals surface area contributed by atoms with Crippen molar-refractivity contribution in [3.63, 3.8) is 0 Å². The van der Waals surface area contributed by atoms with Gasteiger partial charge in [0.05, 0.1) is 30.4 Å². The van der Waals surface area contributed by atoms with Crippen LogP contribution in [-0.2, 0) is 30.8 Å². The van der Waals surface area contributed by atoms with E-state index in [1.54, 1.807) is 38.3 Å². The van der Waals surface area contributed by atoms with Crippen molar-refractivity contribution in [3.8, 4) is 0 Å². The molecule has 2 aromatic heterocycles. The van der Waals surface area contributed by atoms with Gasteiger partial charge >= 0.3 is 5.97 Å². The molecule has 0 radical (unpaired) electrons. The first-order valence-electron chi connectivity index (χ1n) is 9.35. The number of rotatable bonds is 9. The molecule has 0 aliphatic carbocycles. The van der Waals surface area contributed by atoms with E-state index in [0.717, 1.165) is 23.1 Å². The minimum absolute atomic E-state index is 0.00781. The van der Waals surface area contributed by atoms with Crippen LogP contribution in [0.3, 0.4) is 0 Å². The molecule has 1 amide bonds. The maximum Gasteiger partial charge on any atom is 0.311 e. The van der Waals surface area contributed by atoms with Gasteiger partial charge in [0.25, 0.3) is 0 Å². The lowest BCUT2D eigenvalue weighted by Gasteiger charge is -2.21. The summed E-state index contributed by atoms with van der Waals surface area (Å²) in [5.74, 6) is -1.31. The molecule has 0 fully saturated rings. The Morgan fingerprint density at radius 3 is 2.71 bits per heavy atom. The number of esters is 1. The molecule has 0 saturated carbocycles. The van der Waals surface area contributed by atoms with Crippen molar-refractivity contribution < 1.29 is 22.7 Å². The topological polar surface area (TPSA) is 140 Å². The van der Waals surface area contributed by atoms with Crippen molar-refractivity contribution >= 4 is 61.1 Å². The smallest absolute Gasteiger partial charge is 0.311 e. The molecule has 1 unspecified atom stereocenters. The molecule has 3 aromatic rings. The third-order valence-electron chi connectivity index (χ3n) is 4.18. The number of thiazole rings is 1. The van der Waals surface area contributed by atoms with E-state index >= 15 is 0 Å². The highest BCUT2D eigenvalue weighted by Gasteiger charge is 2.30. The number of nitrogens with one attached hydrogen (secondary N) is 2. The zero-order valence-electron chi connectivity index (χ0n) is 17.0. The SMILES string of the molecule is CCOC(=O)Cc1csc(NC(=O)C(NS(=O)(=O)c2cccc3nsnc23)C(C)C)n1. The Bertz CT molecular complexity index is 1190. The van der Waals surface area contributed by atoms with Gasteiger partial charge in [-0.25, -0.2) is 13.4 Å². The quantitative estimate of drug-likeness (QED) is 0.441. The summed E-state index contributed by atoms with van der Waals surface area (Å²) in [6.45, 7) is 5.44. The lowest BCUT2D eigenvalue weighted by Crippen LogP contribution is -2.47. The third-order valence-corrected chi connectivity index (χ3v) is 7.00. The summed E-state index contributed by atoms with van der Waals surface area (Å²) in [6, 6.07) is 3.61. The van der Waals surface area contributed by atoms with Crippen LogP contribution in [0.4, 0.5) is 5.13 Å². The number of anilines is 1. The van der Waals surface area contributed by atoms with E-state index < -0.39 is 27.9 Å². The molecule has 166 valence electrons. The van der Waals surface area contributed by atoms with E-state index in [1.807, 2.05) is 0 Å². The van der Waals surface area contributed by atoms with E-state index in [0.29, 0.717) is 11.2 Å². The standard InChI is InChI=1S/C18H21N5O5S3/c1-4-28-14(24)8-11-9-29-18(19-11)20-17(25)15(10(2)3)23-31(26,27)13-7-5-6-12-16(13)22-30-21-12/h5-7,9-10,15,23H,4,8H2,1-3H3,(H,19,20,25). The normalized spacial score (nSPS) is 12.8. The van der Waals surface area contributed by atoms with E-state index in [1.165, 1.54) is 6.07 Å². The average molecular weight is 484 g/mol. The second-order valence-corrected chi connectivity index (χ2v) is 9.92. The maximum atomic E-state index is 13.0. The van der Waals surface area contributed by atoms with Gasteiger partial charge in [-0.15, -0.1) is 11.3 Å². The van der Waals surface area contributed by atoms with Gasteiger partial charge in [-0.1, -0.05) is 19.9 Å². The third kappa shape index (κ3) is 5.61. The van der Waals surface area contributed by atoms with Crippen LogP contribution in [0, 0.1) is 5.92 Å². The van der Waals surface area contributed by atoms with Crippen molar-refractivity contribution in [1.82, 2.24) is 18.5 Å². The molecule has 1 atom stereocenters. The Morgan fingerprint density at radius 1 is 1.23 bits per heavy atom. The Morgan fingerprint density at radius 2 is 2.00 bits per heavy atom. The monoisotopic (exact) mass is 483 g/mol. The fraction of sp³-hybridized carbons (Fsp3) is 0.389. The highest BCUT2D eigenvalue weighted by molar-refractivity contribution is 7.89. The Balaban J connectivity index is 1.75. The van der Waals surface area contributed by atoms with Crippen LogP contribution in [0.2, 0.25) is 0 Å².